The summed E-state index contributed by atoms with van der Waals surface area (Å²) in [7, 11) is 0. The zero-order chi connectivity index (χ0) is 19.2. The lowest BCUT2D eigenvalue weighted by Crippen LogP contribution is -2.13. The van der Waals surface area contributed by atoms with Crippen LogP contribution in [0.2, 0.25) is 0 Å². The lowest BCUT2D eigenvalue weighted by molar-refractivity contribution is 0.236. The van der Waals surface area contributed by atoms with Crippen LogP contribution in [-0.2, 0) is 4.18 Å². The van der Waals surface area contributed by atoms with Crippen LogP contribution in [0.3, 0.4) is 0 Å². The van der Waals surface area contributed by atoms with E-state index in [-0.39, 0.29) is 0 Å². The summed E-state index contributed by atoms with van der Waals surface area (Å²) in [5.41, 5.74) is 4.69. The van der Waals surface area contributed by atoms with E-state index < -0.39 is 0 Å². The first-order valence-electron chi connectivity index (χ1n) is 10.1. The van der Waals surface area contributed by atoms with Crippen molar-refractivity contribution in [2.75, 3.05) is 6.61 Å². The molecule has 25 heavy (non-hydrogen) atoms. The molecule has 0 radical (unpaired) electrons. The molecule has 1 aromatic carbocycles. The predicted octanol–water partition coefficient (Wildman–Crippen LogP) is 8.30. The van der Waals surface area contributed by atoms with Gasteiger partial charge in [0, 0.05) is 16.9 Å². The molecular weight excluding hydrogens is 324 g/mol. The Labute approximate surface area is 161 Å². The minimum atomic E-state index is 0.374. The molecule has 0 spiro atoms. The average molecular weight is 365 g/mol. The van der Waals surface area contributed by atoms with Crippen LogP contribution in [0.1, 0.15) is 116 Å². The van der Waals surface area contributed by atoms with Gasteiger partial charge < -0.3 is 4.18 Å². The summed E-state index contributed by atoms with van der Waals surface area (Å²) in [5, 5.41) is 0. The molecule has 1 aromatic rings. The maximum atomic E-state index is 6.10. The van der Waals surface area contributed by atoms with E-state index in [1.807, 2.05) is 0 Å². The van der Waals surface area contributed by atoms with Gasteiger partial charge in [-0.2, -0.15) is 0 Å². The van der Waals surface area contributed by atoms with Crippen LogP contribution in [0.4, 0.5) is 0 Å². The van der Waals surface area contributed by atoms with Gasteiger partial charge in [-0.25, -0.2) is 0 Å². The van der Waals surface area contributed by atoms with Crippen molar-refractivity contribution in [2.45, 2.75) is 104 Å². The zero-order valence-corrected chi connectivity index (χ0v) is 18.8. The largest absolute Gasteiger partial charge is 0.310 e. The predicted molar refractivity (Wildman–Crippen MR) is 114 cm³/mol. The van der Waals surface area contributed by atoms with E-state index in [1.54, 1.807) is 12.0 Å². The van der Waals surface area contributed by atoms with E-state index in [4.69, 9.17) is 4.18 Å². The SMILES string of the molecule is CCCC(C)(C)CCOSc1c(C(C)C)cc(C(C)C)cc1C(C)C. The fourth-order valence-corrected chi connectivity index (χ4v) is 4.27. The Kier molecular flexibility index (Phi) is 9.04. The summed E-state index contributed by atoms with van der Waals surface area (Å²) < 4.78 is 6.10. The molecule has 0 saturated carbocycles. The lowest BCUT2D eigenvalue weighted by atomic mass is 9.85. The summed E-state index contributed by atoms with van der Waals surface area (Å²) in [6.45, 7) is 21.5. The third kappa shape index (κ3) is 6.98. The normalized spacial score (nSPS) is 12.6. The van der Waals surface area contributed by atoms with E-state index in [1.165, 1.54) is 34.4 Å². The van der Waals surface area contributed by atoms with Gasteiger partial charge in [0.25, 0.3) is 0 Å². The van der Waals surface area contributed by atoms with Crippen molar-refractivity contribution in [3.8, 4) is 0 Å². The smallest absolute Gasteiger partial charge is 0.0623 e. The van der Waals surface area contributed by atoms with Gasteiger partial charge in [0.15, 0.2) is 0 Å². The molecule has 0 amide bonds. The topological polar surface area (TPSA) is 9.23 Å². The molecule has 0 aliphatic rings. The third-order valence-electron chi connectivity index (χ3n) is 5.01. The second-order valence-corrected chi connectivity index (χ2v) is 9.87. The summed E-state index contributed by atoms with van der Waals surface area (Å²) in [4.78, 5) is 1.35. The Balaban J connectivity index is 2.97. The van der Waals surface area contributed by atoms with E-state index in [9.17, 15) is 0 Å². The molecule has 0 aromatic heterocycles. The first-order valence-corrected chi connectivity index (χ1v) is 10.8. The summed E-state index contributed by atoms with van der Waals surface area (Å²) in [5.74, 6) is 1.59. The van der Waals surface area contributed by atoms with Crippen molar-refractivity contribution in [1.29, 1.82) is 0 Å². The number of benzene rings is 1. The van der Waals surface area contributed by atoms with Gasteiger partial charge in [0.2, 0.25) is 0 Å². The summed E-state index contributed by atoms with van der Waals surface area (Å²) in [6.07, 6.45) is 3.62. The number of rotatable bonds is 10. The fourth-order valence-electron chi connectivity index (χ4n) is 3.21. The Hall–Kier alpha value is -0.470. The molecule has 0 atom stereocenters. The highest BCUT2D eigenvalue weighted by Crippen LogP contribution is 2.39. The monoisotopic (exact) mass is 364 g/mol. The molecule has 0 N–H and O–H groups in total. The first-order chi connectivity index (χ1) is 11.6. The molecule has 0 fully saturated rings. The van der Waals surface area contributed by atoms with Crippen LogP contribution in [-0.4, -0.2) is 6.61 Å². The molecule has 144 valence electrons. The van der Waals surface area contributed by atoms with E-state index in [2.05, 4.69) is 74.4 Å². The Morgan fingerprint density at radius 1 is 0.880 bits per heavy atom. The standard InChI is InChI=1S/C23H40OS/c1-10-11-23(8,9)12-13-24-25-22-20(17(4)5)14-19(16(2)3)15-21(22)18(6)7/h14-18H,10-13H2,1-9H3. The quantitative estimate of drug-likeness (QED) is 0.305. The van der Waals surface area contributed by atoms with Gasteiger partial charge in [-0.3, -0.25) is 0 Å². The van der Waals surface area contributed by atoms with Crippen molar-refractivity contribution in [3.05, 3.63) is 28.8 Å². The van der Waals surface area contributed by atoms with Crippen LogP contribution in [0.5, 0.6) is 0 Å². The maximum Gasteiger partial charge on any atom is 0.0623 e. The van der Waals surface area contributed by atoms with E-state index in [0.29, 0.717) is 23.2 Å². The van der Waals surface area contributed by atoms with Crippen molar-refractivity contribution < 1.29 is 4.18 Å². The van der Waals surface area contributed by atoms with Gasteiger partial charge in [-0.1, -0.05) is 80.9 Å². The molecule has 1 rings (SSSR count). The second-order valence-electron chi connectivity index (χ2n) is 9.06. The Bertz CT molecular complexity index is 500. The first kappa shape index (κ1) is 22.6. The molecule has 0 unspecified atom stereocenters. The van der Waals surface area contributed by atoms with Gasteiger partial charge in [0.1, 0.15) is 0 Å². The highest BCUT2D eigenvalue weighted by molar-refractivity contribution is 7.94. The summed E-state index contributed by atoms with van der Waals surface area (Å²) in [6, 6.07) is 4.79. The Morgan fingerprint density at radius 2 is 1.40 bits per heavy atom. The maximum absolute atomic E-state index is 6.10. The van der Waals surface area contributed by atoms with E-state index >= 15 is 0 Å². The zero-order valence-electron chi connectivity index (χ0n) is 18.0. The average Bonchev–Trinajstić information content (AvgIpc) is 2.50. The highest BCUT2D eigenvalue weighted by atomic mass is 32.2. The minimum Gasteiger partial charge on any atom is -0.310 e. The second kappa shape index (κ2) is 10.0. The van der Waals surface area contributed by atoms with Crippen LogP contribution in [0, 0.1) is 5.41 Å². The van der Waals surface area contributed by atoms with Gasteiger partial charge >= 0.3 is 0 Å². The van der Waals surface area contributed by atoms with Gasteiger partial charge in [-0.15, -0.1) is 0 Å². The minimum absolute atomic E-state index is 0.374. The molecule has 0 bridgehead atoms. The van der Waals surface area contributed by atoms with Crippen LogP contribution < -0.4 is 0 Å². The molecule has 1 nitrogen and oxygen atoms in total. The van der Waals surface area contributed by atoms with Crippen LogP contribution >= 0.6 is 12.0 Å². The lowest BCUT2D eigenvalue weighted by Gasteiger charge is -2.24. The molecular formula is C23H40OS. The fraction of sp³-hybridized carbons (Fsp3) is 0.739. The summed E-state index contributed by atoms with van der Waals surface area (Å²) >= 11 is 1.61. The molecule has 0 saturated heterocycles. The van der Waals surface area contributed by atoms with Gasteiger partial charge in [-0.05, 0) is 52.7 Å². The van der Waals surface area contributed by atoms with Crippen LogP contribution in [0.25, 0.3) is 0 Å². The van der Waals surface area contributed by atoms with Gasteiger partial charge in [0.05, 0.1) is 6.61 Å². The molecule has 0 aliphatic heterocycles. The number of hydrogen-bond acceptors (Lipinski definition) is 2. The molecule has 2 heteroatoms. The third-order valence-corrected chi connectivity index (χ3v) is 5.93. The highest BCUT2D eigenvalue weighted by Gasteiger charge is 2.20. The molecule has 0 heterocycles. The molecule has 0 aliphatic carbocycles. The van der Waals surface area contributed by atoms with Crippen molar-refractivity contribution in [3.63, 3.8) is 0 Å². The van der Waals surface area contributed by atoms with E-state index in [0.717, 1.165) is 13.0 Å². The van der Waals surface area contributed by atoms with Crippen molar-refractivity contribution >= 4 is 12.0 Å². The Morgan fingerprint density at radius 3 is 1.80 bits per heavy atom. The van der Waals surface area contributed by atoms with Crippen LogP contribution in [0.15, 0.2) is 17.0 Å². The van der Waals surface area contributed by atoms with Crippen molar-refractivity contribution in [2.24, 2.45) is 5.41 Å². The van der Waals surface area contributed by atoms with Crippen molar-refractivity contribution in [1.82, 2.24) is 0 Å². The number of hydrogen-bond donors (Lipinski definition) is 0.